The van der Waals surface area contributed by atoms with E-state index in [1.165, 1.54) is 18.2 Å². The van der Waals surface area contributed by atoms with Crippen molar-refractivity contribution in [3.63, 3.8) is 0 Å². The Labute approximate surface area is 88.6 Å². The number of hydrogen-bond donors (Lipinski definition) is 0. The van der Waals surface area contributed by atoms with Crippen LogP contribution in [0, 0.1) is 11.3 Å². The van der Waals surface area contributed by atoms with Crippen LogP contribution in [0.5, 0.6) is 0 Å². The van der Waals surface area contributed by atoms with E-state index in [1.807, 2.05) is 0 Å². The highest BCUT2D eigenvalue weighted by Crippen LogP contribution is 2.36. The van der Waals surface area contributed by atoms with Gasteiger partial charge in [0.1, 0.15) is 6.07 Å². The molecule has 1 aromatic rings. The first kappa shape index (κ1) is 11.5. The van der Waals surface area contributed by atoms with Gasteiger partial charge in [0.15, 0.2) is 0 Å². The van der Waals surface area contributed by atoms with Crippen molar-refractivity contribution >= 4 is 22.5 Å². The SMILES string of the molecule is N#C/C(Cl)=N\c1ccccc1C(F)(F)F. The Kier molecular flexibility index (Phi) is 3.32. The van der Waals surface area contributed by atoms with Gasteiger partial charge in [0.25, 0.3) is 0 Å². The maximum Gasteiger partial charge on any atom is 0.418 e. The average Bonchev–Trinajstić information content (AvgIpc) is 2.17. The van der Waals surface area contributed by atoms with Crippen molar-refractivity contribution in [2.24, 2.45) is 4.99 Å². The van der Waals surface area contributed by atoms with E-state index < -0.39 is 16.9 Å². The van der Waals surface area contributed by atoms with Gasteiger partial charge < -0.3 is 0 Å². The molecule has 0 aromatic heterocycles. The normalized spacial score (nSPS) is 12.3. The maximum atomic E-state index is 12.4. The first-order valence-corrected chi connectivity index (χ1v) is 4.13. The molecular formula is C9H4ClF3N2. The van der Waals surface area contributed by atoms with E-state index >= 15 is 0 Å². The largest absolute Gasteiger partial charge is 0.418 e. The molecule has 0 unspecified atom stereocenters. The van der Waals surface area contributed by atoms with Gasteiger partial charge in [-0.15, -0.1) is 0 Å². The Morgan fingerprint density at radius 1 is 1.33 bits per heavy atom. The Balaban J connectivity index is 3.26. The highest BCUT2D eigenvalue weighted by molar-refractivity contribution is 6.69. The molecule has 0 amide bonds. The summed E-state index contributed by atoms with van der Waals surface area (Å²) in [6.45, 7) is 0. The molecule has 6 heteroatoms. The minimum absolute atomic E-state index is 0.364. The maximum absolute atomic E-state index is 12.4. The van der Waals surface area contributed by atoms with E-state index in [-0.39, 0.29) is 5.69 Å². The Morgan fingerprint density at radius 3 is 2.47 bits per heavy atom. The number of para-hydroxylation sites is 1. The number of halogens is 4. The molecule has 0 aliphatic carbocycles. The summed E-state index contributed by atoms with van der Waals surface area (Å²) in [6, 6.07) is 6.08. The monoisotopic (exact) mass is 232 g/mol. The van der Waals surface area contributed by atoms with Gasteiger partial charge >= 0.3 is 6.18 Å². The van der Waals surface area contributed by atoms with E-state index in [1.54, 1.807) is 0 Å². The van der Waals surface area contributed by atoms with Gasteiger partial charge in [0.05, 0.1) is 11.3 Å². The van der Waals surface area contributed by atoms with Gasteiger partial charge in [-0.05, 0) is 12.1 Å². The predicted octanol–water partition coefficient (Wildman–Crippen LogP) is 3.50. The molecule has 0 N–H and O–H groups in total. The van der Waals surface area contributed by atoms with Gasteiger partial charge in [0.2, 0.25) is 5.17 Å². The lowest BCUT2D eigenvalue weighted by Crippen LogP contribution is -2.05. The Bertz CT molecular complexity index is 432. The molecule has 1 rings (SSSR count). The summed E-state index contributed by atoms with van der Waals surface area (Å²) in [4.78, 5) is 3.34. The van der Waals surface area contributed by atoms with Gasteiger partial charge in [-0.3, -0.25) is 0 Å². The van der Waals surface area contributed by atoms with Gasteiger partial charge in [-0.2, -0.15) is 18.4 Å². The van der Waals surface area contributed by atoms with Crippen molar-refractivity contribution in [2.45, 2.75) is 6.18 Å². The van der Waals surface area contributed by atoms with Crippen molar-refractivity contribution < 1.29 is 13.2 Å². The summed E-state index contributed by atoms with van der Waals surface area (Å²) in [5.41, 5.74) is -1.28. The number of aliphatic imine (C=N–C) groups is 1. The van der Waals surface area contributed by atoms with Crippen LogP contribution in [0.15, 0.2) is 29.3 Å². The molecule has 0 bridgehead atoms. The zero-order valence-corrected chi connectivity index (χ0v) is 7.97. The lowest BCUT2D eigenvalue weighted by Gasteiger charge is -2.08. The highest BCUT2D eigenvalue weighted by Gasteiger charge is 2.33. The minimum Gasteiger partial charge on any atom is -0.226 e. The van der Waals surface area contributed by atoms with Gasteiger partial charge in [0, 0.05) is 0 Å². The van der Waals surface area contributed by atoms with E-state index in [0.29, 0.717) is 0 Å². The van der Waals surface area contributed by atoms with Crippen molar-refractivity contribution in [1.29, 1.82) is 5.26 Å². The fourth-order valence-corrected chi connectivity index (χ4v) is 1.03. The fourth-order valence-electron chi connectivity index (χ4n) is 0.942. The first-order chi connectivity index (χ1) is 6.95. The van der Waals surface area contributed by atoms with Crippen LogP contribution in [0.3, 0.4) is 0 Å². The molecule has 0 radical (unpaired) electrons. The molecule has 0 aliphatic rings. The molecule has 2 nitrogen and oxygen atoms in total. The highest BCUT2D eigenvalue weighted by atomic mass is 35.5. The summed E-state index contributed by atoms with van der Waals surface area (Å²) in [6.07, 6.45) is -4.51. The van der Waals surface area contributed by atoms with Crippen molar-refractivity contribution in [3.05, 3.63) is 29.8 Å². The van der Waals surface area contributed by atoms with Gasteiger partial charge in [-0.1, -0.05) is 23.7 Å². The van der Waals surface area contributed by atoms with Crippen LogP contribution in [0.1, 0.15) is 5.56 Å². The summed E-state index contributed by atoms with van der Waals surface area (Å²) in [5.74, 6) is 0. The molecule has 0 heterocycles. The fraction of sp³-hybridized carbons (Fsp3) is 0.111. The van der Waals surface area contributed by atoms with E-state index in [0.717, 1.165) is 12.1 Å². The van der Waals surface area contributed by atoms with E-state index in [4.69, 9.17) is 16.9 Å². The van der Waals surface area contributed by atoms with E-state index in [9.17, 15) is 13.2 Å². The van der Waals surface area contributed by atoms with Crippen LogP contribution in [0.4, 0.5) is 18.9 Å². The third kappa shape index (κ3) is 2.96. The van der Waals surface area contributed by atoms with Crippen molar-refractivity contribution in [1.82, 2.24) is 0 Å². The molecular weight excluding hydrogens is 229 g/mol. The third-order valence-electron chi connectivity index (χ3n) is 1.52. The molecule has 1 aromatic carbocycles. The zero-order valence-electron chi connectivity index (χ0n) is 7.22. The van der Waals surface area contributed by atoms with Gasteiger partial charge in [-0.25, -0.2) is 4.99 Å². The number of rotatable bonds is 1. The zero-order chi connectivity index (χ0) is 11.5. The van der Waals surface area contributed by atoms with Crippen molar-refractivity contribution in [2.75, 3.05) is 0 Å². The molecule has 0 spiro atoms. The standard InChI is InChI=1S/C9H4ClF3N2/c10-8(5-14)15-7-4-2-1-3-6(7)9(11,12)13/h1-4H/b15-8+. The lowest BCUT2D eigenvalue weighted by atomic mass is 10.2. The Hall–Kier alpha value is -1.54. The summed E-state index contributed by atoms with van der Waals surface area (Å²) in [7, 11) is 0. The summed E-state index contributed by atoms with van der Waals surface area (Å²) >= 11 is 5.24. The Morgan fingerprint density at radius 2 is 1.93 bits per heavy atom. The van der Waals surface area contributed by atoms with Crippen LogP contribution in [-0.2, 0) is 6.18 Å². The quantitative estimate of drug-likeness (QED) is 0.683. The number of hydrogen-bond acceptors (Lipinski definition) is 2. The van der Waals surface area contributed by atoms with Crippen LogP contribution < -0.4 is 0 Å². The first-order valence-electron chi connectivity index (χ1n) is 3.75. The second kappa shape index (κ2) is 4.32. The molecule has 0 saturated heterocycles. The molecule has 0 fully saturated rings. The van der Waals surface area contributed by atoms with Crippen LogP contribution in [0.2, 0.25) is 0 Å². The second-order valence-corrected chi connectivity index (χ2v) is 2.89. The number of nitrogens with zero attached hydrogens (tertiary/aromatic N) is 2. The lowest BCUT2D eigenvalue weighted by molar-refractivity contribution is -0.137. The smallest absolute Gasteiger partial charge is 0.226 e. The topological polar surface area (TPSA) is 36.1 Å². The van der Waals surface area contributed by atoms with Crippen LogP contribution in [-0.4, -0.2) is 5.17 Å². The molecule has 15 heavy (non-hydrogen) atoms. The third-order valence-corrected chi connectivity index (χ3v) is 1.69. The minimum atomic E-state index is -4.51. The number of nitriles is 1. The van der Waals surface area contributed by atoms with Crippen LogP contribution >= 0.6 is 11.6 Å². The molecule has 0 saturated carbocycles. The predicted molar refractivity (Wildman–Crippen MR) is 50.0 cm³/mol. The molecule has 78 valence electrons. The van der Waals surface area contributed by atoms with E-state index in [2.05, 4.69) is 4.99 Å². The second-order valence-electron chi connectivity index (χ2n) is 2.53. The number of alkyl halides is 3. The molecule has 0 atom stereocenters. The molecule has 0 aliphatic heterocycles. The number of benzene rings is 1. The summed E-state index contributed by atoms with van der Waals surface area (Å²) < 4.78 is 37.2. The van der Waals surface area contributed by atoms with Crippen molar-refractivity contribution in [3.8, 4) is 6.07 Å². The van der Waals surface area contributed by atoms with Crippen LogP contribution in [0.25, 0.3) is 0 Å². The summed E-state index contributed by atoms with van der Waals surface area (Å²) in [5, 5.41) is 7.76. The average molecular weight is 233 g/mol.